The maximum absolute atomic E-state index is 16.3. The maximum Gasteiger partial charge on any atom is 0.336 e. The summed E-state index contributed by atoms with van der Waals surface area (Å²) in [5, 5.41) is 205. The minimum absolute atomic E-state index is 0.0191. The first-order valence-electron chi connectivity index (χ1n) is 46.0. The van der Waals surface area contributed by atoms with Crippen LogP contribution in [-0.2, 0) is 82.4 Å². The molecule has 38 atom stereocenters. The van der Waals surface area contributed by atoms with Crippen LogP contribution in [0.3, 0.4) is 0 Å². The van der Waals surface area contributed by atoms with Crippen molar-refractivity contribution in [2.45, 2.75) is 342 Å². The molecule has 15 rings (SSSR count). The fourth-order valence-electron chi connectivity index (χ4n) is 23.9. The minimum atomic E-state index is -2.25. The lowest BCUT2D eigenvalue weighted by molar-refractivity contribution is -0.391. The number of aryl methyl sites for hydroxylation is 1. The van der Waals surface area contributed by atoms with Crippen LogP contribution in [-0.4, -0.2) is 337 Å². The van der Waals surface area contributed by atoms with Crippen LogP contribution in [0.2, 0.25) is 0 Å². The lowest BCUT2D eigenvalue weighted by Gasteiger charge is -2.71. The Morgan fingerprint density at radius 2 is 1.20 bits per heavy atom. The normalized spacial score (nSPS) is 42.9. The Bertz CT molecular complexity index is 4940. The average molecular weight is 1900 g/mol. The topological polar surface area (TPSA) is 602 Å². The number of aldehydes is 1. The number of thiocarbonyl (C=S) groups is 1. The van der Waals surface area contributed by atoms with E-state index in [2.05, 4.69) is 46.0 Å². The van der Waals surface area contributed by atoms with Crippen molar-refractivity contribution in [2.24, 2.45) is 50.2 Å². The van der Waals surface area contributed by atoms with E-state index in [9.17, 15) is 116 Å². The van der Waals surface area contributed by atoms with Gasteiger partial charge in [0.15, 0.2) is 49.1 Å². The number of esters is 1. The molecular formula is C94H127NO37S. The number of fused-ring (bicyclic) bond motifs is 9. The highest BCUT2D eigenvalue weighted by molar-refractivity contribution is 7.80. The molecule has 0 bridgehead atoms. The van der Waals surface area contributed by atoms with Gasteiger partial charge in [0.1, 0.15) is 133 Å². The number of rotatable bonds is 28. The molecule has 0 spiro atoms. The molecule has 7 aliphatic heterocycles. The Morgan fingerprint density at radius 3 is 1.86 bits per heavy atom. The molecule has 38 nitrogen and oxygen atoms in total. The largest absolute Gasteiger partial charge is 0.479 e. The summed E-state index contributed by atoms with van der Waals surface area (Å²) < 4.78 is 79.6. The third-order valence-corrected chi connectivity index (χ3v) is 31.9. The van der Waals surface area contributed by atoms with Gasteiger partial charge in [-0.25, -0.2) is 9.59 Å². The second-order valence-electron chi connectivity index (χ2n) is 40.3. The number of hydrogen-bond acceptors (Lipinski definition) is 36. The second-order valence-corrected chi connectivity index (χ2v) is 40.9. The van der Waals surface area contributed by atoms with Crippen molar-refractivity contribution in [3.8, 4) is 22.5 Å². The predicted octanol–water partition coefficient (Wildman–Crippen LogP) is 1.12. The van der Waals surface area contributed by atoms with Crippen molar-refractivity contribution in [3.05, 3.63) is 93.2 Å². The van der Waals surface area contributed by atoms with Crippen LogP contribution >= 0.6 is 12.2 Å². The van der Waals surface area contributed by atoms with Crippen LogP contribution in [0.5, 0.6) is 0 Å². The molecule has 1 amide bonds. The molecule has 10 fully saturated rings. The maximum atomic E-state index is 16.3. The first-order valence-corrected chi connectivity index (χ1v) is 46.4. The summed E-state index contributed by atoms with van der Waals surface area (Å²) in [6, 6.07) is 13.6. The molecule has 2 aromatic carbocycles. The lowest BCUT2D eigenvalue weighted by Crippen LogP contribution is -2.70. The predicted molar refractivity (Wildman–Crippen MR) is 463 cm³/mol. The zero-order valence-electron chi connectivity index (χ0n) is 75.3. The molecule has 2 aromatic rings. The highest BCUT2D eigenvalue weighted by atomic mass is 32.1. The quantitative estimate of drug-likeness (QED) is 0.00720. The highest BCUT2D eigenvalue weighted by Gasteiger charge is 2.73. The van der Waals surface area contributed by atoms with E-state index in [1.807, 2.05) is 31.2 Å². The van der Waals surface area contributed by atoms with Crippen molar-refractivity contribution >= 4 is 58.2 Å². The van der Waals surface area contributed by atoms with E-state index < -0.39 is 279 Å². The Morgan fingerprint density at radius 1 is 0.579 bits per heavy atom. The van der Waals surface area contributed by atoms with Crippen molar-refractivity contribution in [3.63, 3.8) is 0 Å². The molecule has 17 unspecified atom stereocenters. The number of carboxylic acid groups (broad SMARTS) is 2. The number of nitrogens with one attached hydrogen (secondary N) is 1. The molecule has 13 aliphatic rings. The van der Waals surface area contributed by atoms with Gasteiger partial charge in [-0.2, -0.15) is 0 Å². The first kappa shape index (κ1) is 101. The van der Waals surface area contributed by atoms with Gasteiger partial charge in [-0.1, -0.05) is 103 Å². The SMILES string of the molecule is Cc1ccc2c(-c3ccc(CC(=S)CCCCCCC(=O)N[C@@H]4C(O)C(O[C@@H]5OC(C)[C@H](O[C@@H]6OC[C@@H](O)C(O)C6O)C(O)C5O)[C@H](OC(=O)[C@]56CCC(C)(C)CC5C5=CCC7C8(C)CC[C@H](O[C@@H]9OC(C(=O)O)[C@@H](O)[C@H](O[C@@H]%10OC[C@@H](O)[C@H](O)C%10O)C9O[C@@H]9OC(CO)[C@H](O)[C@H](O)C9O)C(C)(C=O)[C@@H]8CC[C@@]7(C)C5(C)C[C@H]6O)O[C@@H]4CO)cc3C(=O)O)c3ccc(=O)cc-3oc2c1. The Hall–Kier alpha value is -6.57. The molecular weight excluding hydrogens is 1770 g/mol. The minimum Gasteiger partial charge on any atom is -0.479 e. The lowest BCUT2D eigenvalue weighted by atomic mass is 9.33. The standard InChI is InChI=1S/C94H127NO37S/c1-40-15-18-46-53(29-40)123-54-32-43(99)17-20-47(54)62(46)45-19-16-42(31-48(45)80(115)116)30-44(133)13-11-9-10-12-14-61(103)95-63-55(35-96)124-86(78(67(63)107)130-84-73(113)69(109)75(41(2)122-84)127-82-70(110)64(104)51(100)37-120-82)132-88(119)94-28-27-89(3,4)33-50(94)49-21-22-58-90(5)25-24-60(91(6,39-98)57(90)23-26-92(58,7)93(49,8)34-59(94)102)126-87-79(131-85-72(112)68(108)66(106)56(36-97)125-85)76(74(114)77(129-87)81(117)118)128-83-71(111)65(105)52(101)38-121-83/h15-21,29,31-32,39,41,50-52,55-60,63-79,82-87,96-97,100-102,104-114H,9-14,22-28,30,33-38H2,1-8H3,(H,95,103)(H,115,116)(H,117,118)/t41?,50?,51-,52-,55-,56?,57-,58?,59-,60+,63+,64?,65+,66+,67?,68+,69?,70?,71?,72?,73?,74+,75+,76+,77?,78?,79?,82+,83+,84+,85+,86+,87-,90?,91?,92-,93?,94-/m1/s1. The third-order valence-electron chi connectivity index (χ3n) is 31.6. The zero-order chi connectivity index (χ0) is 96.1. The number of aliphatic hydroxyl groups excluding tert-OH is 16. The van der Waals surface area contributed by atoms with Crippen LogP contribution in [0.4, 0.5) is 0 Å². The summed E-state index contributed by atoms with van der Waals surface area (Å²) in [6.07, 6.45) is -45.1. The van der Waals surface area contributed by atoms with Crippen LogP contribution in [0, 0.1) is 57.2 Å². The Kier molecular flexibility index (Phi) is 30.0. The molecule has 133 heavy (non-hydrogen) atoms. The molecule has 4 saturated carbocycles. The van der Waals surface area contributed by atoms with Crippen LogP contribution < -0.4 is 10.7 Å². The van der Waals surface area contributed by atoms with Crippen molar-refractivity contribution in [2.75, 3.05) is 26.4 Å². The van der Waals surface area contributed by atoms with Crippen molar-refractivity contribution in [1.82, 2.24) is 5.32 Å². The fraction of sp³-hybridized carbons (Fsp3) is 0.713. The summed E-state index contributed by atoms with van der Waals surface area (Å²) in [4.78, 5) is 84.2. The highest BCUT2D eigenvalue weighted by Crippen LogP contribution is 2.76. The second kappa shape index (κ2) is 39.6. The van der Waals surface area contributed by atoms with E-state index in [-0.39, 0.29) is 42.6 Å². The number of ether oxygens (including phenoxy) is 12. The molecule has 0 radical (unpaired) electrons. The summed E-state index contributed by atoms with van der Waals surface area (Å²) in [5.41, 5.74) is -1.83. The van der Waals surface area contributed by atoms with Crippen LogP contribution in [0.15, 0.2) is 75.5 Å². The zero-order valence-corrected chi connectivity index (χ0v) is 76.1. The number of allylic oxidation sites excluding steroid dienone is 2. The average Bonchev–Trinajstić information content (AvgIpc) is 0.667. The van der Waals surface area contributed by atoms with Crippen LogP contribution in [0.1, 0.15) is 166 Å². The molecule has 19 N–H and O–H groups in total. The number of benzene rings is 3. The van der Waals surface area contributed by atoms with Crippen molar-refractivity contribution in [1.29, 1.82) is 0 Å². The smallest absolute Gasteiger partial charge is 0.336 e. The summed E-state index contributed by atoms with van der Waals surface area (Å²) in [5.74, 6) is -5.76. The fourth-order valence-corrected chi connectivity index (χ4v) is 24.2. The Balaban J connectivity index is 0.651. The van der Waals surface area contributed by atoms with Gasteiger partial charge in [-0.3, -0.25) is 14.4 Å². The number of hydrogen-bond donors (Lipinski definition) is 19. The summed E-state index contributed by atoms with van der Waals surface area (Å²) in [6.45, 7) is 12.6. The monoisotopic (exact) mass is 1890 g/mol. The number of unbranched alkanes of at least 4 members (excludes halogenated alkanes) is 3. The van der Waals surface area contributed by atoms with Gasteiger partial charge in [-0.05, 0) is 176 Å². The van der Waals surface area contributed by atoms with E-state index >= 15 is 4.79 Å². The van der Waals surface area contributed by atoms with Crippen LogP contribution in [0.25, 0.3) is 33.4 Å². The number of carboxylic acids is 2. The van der Waals surface area contributed by atoms with E-state index in [0.717, 1.165) is 17.4 Å². The number of amides is 1. The van der Waals surface area contributed by atoms with Gasteiger partial charge in [0.05, 0.1) is 61.8 Å². The molecule has 0 aromatic heterocycles. The number of carbonyl (C=O) groups excluding carboxylic acids is 3. The van der Waals surface area contributed by atoms with E-state index in [1.165, 1.54) is 19.1 Å². The molecule has 39 heteroatoms. The molecule has 6 saturated heterocycles. The van der Waals surface area contributed by atoms with Gasteiger partial charge in [0.2, 0.25) is 12.2 Å². The van der Waals surface area contributed by atoms with Crippen molar-refractivity contribution < 1.29 is 177 Å². The van der Waals surface area contributed by atoms with Gasteiger partial charge in [0, 0.05) is 35.4 Å². The van der Waals surface area contributed by atoms with Gasteiger partial charge < -0.3 is 163 Å². The number of aliphatic hydroxyl groups is 16. The molecule has 6 aliphatic carbocycles. The van der Waals surface area contributed by atoms with E-state index in [1.54, 1.807) is 25.1 Å². The van der Waals surface area contributed by atoms with Gasteiger partial charge >= 0.3 is 17.9 Å². The van der Waals surface area contributed by atoms with E-state index in [0.29, 0.717) is 121 Å². The third kappa shape index (κ3) is 18.7. The number of aromatic carboxylic acids is 1. The number of aliphatic carboxylic acids is 1. The summed E-state index contributed by atoms with van der Waals surface area (Å²) >= 11 is 5.85. The first-order chi connectivity index (χ1) is 62.9. The van der Waals surface area contributed by atoms with Gasteiger partial charge in [0.25, 0.3) is 0 Å². The Labute approximate surface area is 771 Å². The summed E-state index contributed by atoms with van der Waals surface area (Å²) in [7, 11) is 0. The molecule has 7 heterocycles. The van der Waals surface area contributed by atoms with Gasteiger partial charge in [-0.15, -0.1) is 0 Å². The number of carbonyl (C=O) groups is 5. The van der Waals surface area contributed by atoms with E-state index in [4.69, 9.17) is 73.5 Å². The molecule has 736 valence electrons.